The molecule has 0 saturated heterocycles. The summed E-state index contributed by atoms with van der Waals surface area (Å²) in [5.74, 6) is 0.932. The number of nitrogens with one attached hydrogen (secondary N) is 1. The van der Waals surface area contributed by atoms with Crippen molar-refractivity contribution in [2.75, 3.05) is 25.0 Å². The molecule has 2 N–H and O–H groups in total. The first-order chi connectivity index (χ1) is 19.1. The number of nitrogens with zero attached hydrogens (tertiary/aromatic N) is 7. The van der Waals surface area contributed by atoms with Crippen LogP contribution in [0.3, 0.4) is 0 Å². The van der Waals surface area contributed by atoms with E-state index in [2.05, 4.69) is 42.6 Å². The highest BCUT2D eigenvalue weighted by Crippen LogP contribution is 2.35. The average Bonchev–Trinajstić information content (AvgIpc) is 3.50. The molecule has 40 heavy (non-hydrogen) atoms. The number of benzene rings is 1. The Morgan fingerprint density at radius 1 is 1.23 bits per heavy atom. The molecule has 11 heteroatoms. The lowest BCUT2D eigenvalue weighted by Crippen LogP contribution is -2.26. The Kier molecular flexibility index (Phi) is 7.77. The van der Waals surface area contributed by atoms with Crippen molar-refractivity contribution in [1.29, 1.82) is 0 Å². The van der Waals surface area contributed by atoms with Gasteiger partial charge >= 0.3 is 0 Å². The second-order valence-corrected chi connectivity index (χ2v) is 11.4. The molecule has 210 valence electrons. The third-order valence-electron chi connectivity index (χ3n) is 7.37. The minimum atomic E-state index is -0.325. The normalized spacial score (nSPS) is 16.0. The fourth-order valence-corrected chi connectivity index (χ4v) is 4.94. The predicted octanol–water partition coefficient (Wildman–Crippen LogP) is 4.16. The van der Waals surface area contributed by atoms with Crippen LogP contribution in [0.25, 0.3) is 11.3 Å². The number of fused-ring (bicyclic) bond motifs is 1. The highest BCUT2D eigenvalue weighted by molar-refractivity contribution is 5.93. The number of Topliss-reactive ketones (excluding diaryl/α,β-unsaturated/α-hetero) is 1. The van der Waals surface area contributed by atoms with Gasteiger partial charge in [-0.2, -0.15) is 10.1 Å². The monoisotopic (exact) mass is 544 g/mol. The standard InChI is InChI=1S/C29H36N8O3/c1-18-24(16-31-36(18)5)33-28-30-10-8-23(32-28)20-6-7-22-19(9-11-37(12-13-38)17-21(22)14-20)15-25(39)26-34-27(40-35-26)29(2,3)4/h6-8,10,14,16,19,38H,9,11-13,15,17H2,1-5H3,(H,30,32,33)/t19-/m0/s1. The van der Waals surface area contributed by atoms with E-state index in [9.17, 15) is 9.90 Å². The summed E-state index contributed by atoms with van der Waals surface area (Å²) in [6.45, 7) is 9.99. The number of hydrogen-bond acceptors (Lipinski definition) is 10. The van der Waals surface area contributed by atoms with Gasteiger partial charge in [0.2, 0.25) is 23.4 Å². The summed E-state index contributed by atoms with van der Waals surface area (Å²) in [6.07, 6.45) is 4.56. The minimum Gasteiger partial charge on any atom is -0.395 e. The number of ketones is 1. The first-order valence-corrected chi connectivity index (χ1v) is 13.5. The van der Waals surface area contributed by atoms with E-state index < -0.39 is 0 Å². The van der Waals surface area contributed by atoms with Crippen molar-refractivity contribution in [2.45, 2.75) is 58.4 Å². The molecule has 1 aliphatic rings. The summed E-state index contributed by atoms with van der Waals surface area (Å²) in [6, 6.07) is 8.17. The van der Waals surface area contributed by atoms with Crippen LogP contribution in [0.5, 0.6) is 0 Å². The Morgan fingerprint density at radius 2 is 2.05 bits per heavy atom. The van der Waals surface area contributed by atoms with Gasteiger partial charge < -0.3 is 14.9 Å². The number of carbonyl (C=O) groups is 1. The van der Waals surface area contributed by atoms with Crippen molar-refractivity contribution in [1.82, 2.24) is 34.8 Å². The Labute approximate surface area is 233 Å². The summed E-state index contributed by atoms with van der Waals surface area (Å²) in [5.41, 5.74) is 5.49. The van der Waals surface area contributed by atoms with Gasteiger partial charge in [0.25, 0.3) is 0 Å². The zero-order chi connectivity index (χ0) is 28.4. The molecule has 1 aliphatic heterocycles. The summed E-state index contributed by atoms with van der Waals surface area (Å²) >= 11 is 0. The number of aromatic nitrogens is 6. The largest absolute Gasteiger partial charge is 0.395 e. The van der Waals surface area contributed by atoms with E-state index in [1.807, 2.05) is 46.9 Å². The average molecular weight is 545 g/mol. The quantitative estimate of drug-likeness (QED) is 0.311. The second kappa shape index (κ2) is 11.3. The number of hydrogen-bond donors (Lipinski definition) is 2. The summed E-state index contributed by atoms with van der Waals surface area (Å²) in [4.78, 5) is 28.9. The molecule has 0 saturated carbocycles. The lowest BCUT2D eigenvalue weighted by Gasteiger charge is -2.19. The van der Waals surface area contributed by atoms with Crippen molar-refractivity contribution < 1.29 is 14.4 Å². The number of carbonyl (C=O) groups excluding carboxylic acids is 1. The summed E-state index contributed by atoms with van der Waals surface area (Å²) in [7, 11) is 1.89. The van der Waals surface area contributed by atoms with E-state index in [1.54, 1.807) is 17.1 Å². The topological polar surface area (TPSA) is 135 Å². The maximum absolute atomic E-state index is 13.2. The van der Waals surface area contributed by atoms with E-state index in [0.29, 0.717) is 24.9 Å². The fraction of sp³-hybridized carbons (Fsp3) is 0.448. The van der Waals surface area contributed by atoms with Gasteiger partial charge in [0.15, 0.2) is 0 Å². The van der Waals surface area contributed by atoms with Crippen LogP contribution in [0.1, 0.15) is 72.9 Å². The SMILES string of the molecule is Cc1c(Nc2nccc(-c3ccc4c(c3)CN(CCO)CC[C@H]4CC(=O)c3noc(C(C)(C)C)n3)n2)cnn1C. The highest BCUT2D eigenvalue weighted by atomic mass is 16.5. The van der Waals surface area contributed by atoms with Crippen LogP contribution >= 0.6 is 0 Å². The molecule has 0 fully saturated rings. The number of aryl methyl sites for hydroxylation is 1. The van der Waals surface area contributed by atoms with Crippen molar-refractivity contribution in [3.63, 3.8) is 0 Å². The zero-order valence-corrected chi connectivity index (χ0v) is 23.7. The molecular formula is C29H36N8O3. The Bertz CT molecular complexity index is 1500. The van der Waals surface area contributed by atoms with Crippen LogP contribution in [0.2, 0.25) is 0 Å². The van der Waals surface area contributed by atoms with E-state index in [1.165, 1.54) is 0 Å². The Balaban J connectivity index is 1.42. The number of aliphatic hydroxyl groups is 1. The molecule has 5 rings (SSSR count). The van der Waals surface area contributed by atoms with Crippen LogP contribution in [0.4, 0.5) is 11.6 Å². The molecule has 0 radical (unpaired) electrons. The lowest BCUT2D eigenvalue weighted by atomic mass is 9.87. The van der Waals surface area contributed by atoms with Crippen molar-refractivity contribution in [2.24, 2.45) is 7.05 Å². The maximum Gasteiger partial charge on any atom is 0.238 e. The molecule has 0 aliphatic carbocycles. The molecule has 1 atom stereocenters. The first kappa shape index (κ1) is 27.6. The minimum absolute atomic E-state index is 0.00647. The molecule has 0 bridgehead atoms. The third kappa shape index (κ3) is 5.95. The van der Waals surface area contributed by atoms with Gasteiger partial charge in [-0.3, -0.25) is 14.4 Å². The fourth-order valence-electron chi connectivity index (χ4n) is 4.94. The highest BCUT2D eigenvalue weighted by Gasteiger charge is 2.29. The van der Waals surface area contributed by atoms with E-state index in [4.69, 9.17) is 9.51 Å². The first-order valence-electron chi connectivity index (χ1n) is 13.5. The molecule has 0 unspecified atom stereocenters. The maximum atomic E-state index is 13.2. The van der Waals surface area contributed by atoms with Crippen LogP contribution in [-0.4, -0.2) is 65.4 Å². The number of β-amino-alcohol motifs (C(OH)–C–C–N with tert-alkyl or cyclic N) is 1. The van der Waals surface area contributed by atoms with Gasteiger partial charge in [-0.25, -0.2) is 9.97 Å². The number of rotatable bonds is 8. The van der Waals surface area contributed by atoms with Crippen LogP contribution in [0.15, 0.2) is 41.2 Å². The lowest BCUT2D eigenvalue weighted by molar-refractivity contribution is 0.0957. The Morgan fingerprint density at radius 3 is 2.75 bits per heavy atom. The smallest absolute Gasteiger partial charge is 0.238 e. The number of anilines is 2. The molecule has 1 aromatic carbocycles. The molecule has 4 heterocycles. The van der Waals surface area contributed by atoms with Gasteiger partial charge in [0, 0.05) is 43.7 Å². The van der Waals surface area contributed by atoms with Crippen LogP contribution in [-0.2, 0) is 19.0 Å². The van der Waals surface area contributed by atoms with Crippen LogP contribution < -0.4 is 5.32 Å². The third-order valence-corrected chi connectivity index (χ3v) is 7.37. The van der Waals surface area contributed by atoms with Gasteiger partial charge in [-0.15, -0.1) is 0 Å². The van der Waals surface area contributed by atoms with E-state index in [0.717, 1.165) is 46.7 Å². The molecular weight excluding hydrogens is 508 g/mol. The molecule has 0 spiro atoms. The van der Waals surface area contributed by atoms with Gasteiger partial charge in [0.05, 0.1) is 29.9 Å². The van der Waals surface area contributed by atoms with E-state index >= 15 is 0 Å². The number of aliphatic hydroxyl groups excluding tert-OH is 1. The summed E-state index contributed by atoms with van der Waals surface area (Å²) < 4.78 is 7.15. The van der Waals surface area contributed by atoms with E-state index in [-0.39, 0.29) is 36.0 Å². The second-order valence-electron chi connectivity index (χ2n) is 11.4. The zero-order valence-electron chi connectivity index (χ0n) is 23.7. The molecule has 11 nitrogen and oxygen atoms in total. The predicted molar refractivity (Wildman–Crippen MR) is 150 cm³/mol. The van der Waals surface area contributed by atoms with Crippen molar-refractivity contribution >= 4 is 17.4 Å². The van der Waals surface area contributed by atoms with Gasteiger partial charge in [0.1, 0.15) is 0 Å². The van der Waals surface area contributed by atoms with Gasteiger partial charge in [-0.05, 0) is 49.1 Å². The molecule has 4 aromatic rings. The molecule has 3 aromatic heterocycles. The van der Waals surface area contributed by atoms with Crippen LogP contribution in [0, 0.1) is 6.92 Å². The van der Waals surface area contributed by atoms with Crippen molar-refractivity contribution in [3.05, 3.63) is 65.2 Å². The summed E-state index contributed by atoms with van der Waals surface area (Å²) in [5, 5.41) is 21.1. The van der Waals surface area contributed by atoms with Gasteiger partial charge in [-0.1, -0.05) is 38.1 Å². The molecule has 0 amide bonds. The van der Waals surface area contributed by atoms with Crippen molar-refractivity contribution in [3.8, 4) is 11.3 Å². The Hall–Kier alpha value is -3.96.